The summed E-state index contributed by atoms with van der Waals surface area (Å²) in [5.74, 6) is 0.910. The Kier molecular flexibility index (Phi) is 4.87. The van der Waals surface area contributed by atoms with Gasteiger partial charge in [0, 0.05) is 25.1 Å². The van der Waals surface area contributed by atoms with Crippen molar-refractivity contribution in [2.45, 2.75) is 31.9 Å². The first-order chi connectivity index (χ1) is 11.1. The summed E-state index contributed by atoms with van der Waals surface area (Å²) in [5, 5.41) is 3.33. The van der Waals surface area contributed by atoms with Crippen molar-refractivity contribution in [3.8, 4) is 5.75 Å². The lowest BCUT2D eigenvalue weighted by molar-refractivity contribution is -0.150. The number of para-hydroxylation sites is 1. The Morgan fingerprint density at radius 1 is 1.35 bits per heavy atom. The Morgan fingerprint density at radius 2 is 2.09 bits per heavy atom. The lowest BCUT2D eigenvalue weighted by Crippen LogP contribution is -2.39. The van der Waals surface area contributed by atoms with Gasteiger partial charge in [0.15, 0.2) is 0 Å². The smallest absolute Gasteiger partial charge is 0.312 e. The number of carbonyl (C=O) groups excluding carboxylic acids is 1. The summed E-state index contributed by atoms with van der Waals surface area (Å²) < 4.78 is 11.1. The fourth-order valence-corrected chi connectivity index (χ4v) is 3.79. The minimum atomic E-state index is -0.235. The lowest BCUT2D eigenvalue weighted by atomic mass is 9.76. The second kappa shape index (κ2) is 6.89. The van der Waals surface area contributed by atoms with Crippen molar-refractivity contribution in [3.63, 3.8) is 0 Å². The third-order valence-corrected chi connectivity index (χ3v) is 5.03. The molecule has 0 saturated carbocycles. The molecule has 23 heavy (non-hydrogen) atoms. The maximum Gasteiger partial charge on any atom is 0.312 e. The average molecular weight is 318 g/mol. The fraction of sp³-hybridized carbons (Fsp3) is 0.611. The maximum absolute atomic E-state index is 12.3. The Hall–Kier alpha value is -1.59. The Balaban J connectivity index is 1.58. The van der Waals surface area contributed by atoms with E-state index in [0.29, 0.717) is 0 Å². The van der Waals surface area contributed by atoms with Crippen LogP contribution in [0, 0.1) is 5.41 Å². The number of nitrogens with one attached hydrogen (secondary N) is 1. The van der Waals surface area contributed by atoms with E-state index < -0.39 is 0 Å². The van der Waals surface area contributed by atoms with Crippen molar-refractivity contribution >= 4 is 5.97 Å². The molecule has 126 valence electrons. The number of ether oxygens (including phenoxy) is 2. The molecule has 0 aromatic heterocycles. The van der Waals surface area contributed by atoms with Gasteiger partial charge in [-0.05, 0) is 39.0 Å². The molecule has 1 unspecified atom stereocenters. The number of benzene rings is 1. The van der Waals surface area contributed by atoms with E-state index in [9.17, 15) is 4.79 Å². The van der Waals surface area contributed by atoms with Crippen LogP contribution in [0.1, 0.15) is 24.8 Å². The largest absolute Gasteiger partial charge is 0.496 e. The molecule has 2 heterocycles. The molecule has 2 aliphatic rings. The van der Waals surface area contributed by atoms with Gasteiger partial charge in [-0.25, -0.2) is 0 Å². The highest BCUT2D eigenvalue weighted by atomic mass is 16.6. The van der Waals surface area contributed by atoms with E-state index in [1.54, 1.807) is 7.11 Å². The zero-order valence-electron chi connectivity index (χ0n) is 14.0. The van der Waals surface area contributed by atoms with E-state index >= 15 is 0 Å². The molecule has 2 saturated heterocycles. The molecule has 2 fully saturated rings. The number of nitrogens with zero attached hydrogens (tertiary/aromatic N) is 1. The van der Waals surface area contributed by atoms with Gasteiger partial charge in [0.2, 0.25) is 0 Å². The number of methoxy groups -OCH3 is 1. The van der Waals surface area contributed by atoms with Gasteiger partial charge in [-0.1, -0.05) is 18.2 Å². The number of hydrogen-bond acceptors (Lipinski definition) is 5. The van der Waals surface area contributed by atoms with Crippen molar-refractivity contribution in [2.24, 2.45) is 5.41 Å². The molecule has 0 bridgehead atoms. The van der Waals surface area contributed by atoms with Crippen molar-refractivity contribution in [3.05, 3.63) is 29.8 Å². The van der Waals surface area contributed by atoms with Gasteiger partial charge in [0.1, 0.15) is 11.9 Å². The van der Waals surface area contributed by atoms with Crippen LogP contribution in [0.3, 0.4) is 0 Å². The summed E-state index contributed by atoms with van der Waals surface area (Å²) in [6.07, 6.45) is 2.65. The third-order valence-electron chi connectivity index (χ3n) is 5.03. The molecule has 1 N–H and O–H groups in total. The molecule has 3 rings (SSSR count). The Morgan fingerprint density at radius 3 is 2.83 bits per heavy atom. The highest BCUT2D eigenvalue weighted by Crippen LogP contribution is 2.41. The summed E-state index contributed by atoms with van der Waals surface area (Å²) in [6, 6.07) is 8.04. The van der Waals surface area contributed by atoms with Crippen LogP contribution in [0.5, 0.6) is 5.75 Å². The molecule has 2 aliphatic heterocycles. The molecule has 0 radical (unpaired) electrons. The maximum atomic E-state index is 12.3. The topological polar surface area (TPSA) is 50.8 Å². The highest BCUT2D eigenvalue weighted by Gasteiger charge is 2.49. The predicted molar refractivity (Wildman–Crippen MR) is 88.4 cm³/mol. The molecule has 0 amide bonds. The van der Waals surface area contributed by atoms with Crippen LogP contribution >= 0.6 is 0 Å². The molecule has 1 aromatic rings. The highest BCUT2D eigenvalue weighted by molar-refractivity contribution is 5.79. The summed E-state index contributed by atoms with van der Waals surface area (Å²) in [7, 11) is 3.76. The molecule has 0 aliphatic carbocycles. The predicted octanol–water partition coefficient (Wildman–Crippen LogP) is 1.81. The third kappa shape index (κ3) is 3.51. The Bertz CT molecular complexity index is 555. The second-order valence-corrected chi connectivity index (χ2v) is 6.77. The fourth-order valence-electron chi connectivity index (χ4n) is 3.79. The number of rotatable bonds is 5. The summed E-state index contributed by atoms with van der Waals surface area (Å²) in [6.45, 7) is 3.38. The minimum absolute atomic E-state index is 0.000284. The first kappa shape index (κ1) is 16.3. The van der Waals surface area contributed by atoms with Crippen LogP contribution in [0.2, 0.25) is 0 Å². The van der Waals surface area contributed by atoms with Gasteiger partial charge in [0.05, 0.1) is 12.5 Å². The zero-order chi connectivity index (χ0) is 16.3. The summed E-state index contributed by atoms with van der Waals surface area (Å²) in [5.41, 5.74) is 0.916. The average Bonchev–Trinajstić information content (AvgIpc) is 2.83. The molecular formula is C18H26N2O3. The first-order valence-electron chi connectivity index (χ1n) is 8.35. The van der Waals surface area contributed by atoms with Gasteiger partial charge in [-0.3, -0.25) is 9.69 Å². The van der Waals surface area contributed by atoms with Crippen molar-refractivity contribution < 1.29 is 14.3 Å². The van der Waals surface area contributed by atoms with E-state index in [-0.39, 0.29) is 17.5 Å². The molecule has 1 aromatic carbocycles. The number of esters is 1. The first-order valence-corrected chi connectivity index (χ1v) is 8.35. The van der Waals surface area contributed by atoms with Crippen LogP contribution in [0.4, 0.5) is 0 Å². The molecule has 1 atom stereocenters. The molecular weight excluding hydrogens is 292 g/mol. The molecule has 5 nitrogen and oxygen atoms in total. The lowest BCUT2D eigenvalue weighted by Gasteiger charge is -2.29. The minimum Gasteiger partial charge on any atom is -0.496 e. The van der Waals surface area contributed by atoms with E-state index in [1.807, 2.05) is 18.2 Å². The van der Waals surface area contributed by atoms with Gasteiger partial charge in [-0.15, -0.1) is 0 Å². The van der Waals surface area contributed by atoms with E-state index in [0.717, 1.165) is 56.8 Å². The van der Waals surface area contributed by atoms with Crippen LogP contribution in [-0.2, 0) is 16.1 Å². The monoisotopic (exact) mass is 318 g/mol. The van der Waals surface area contributed by atoms with Gasteiger partial charge in [-0.2, -0.15) is 0 Å². The Labute approximate surface area is 137 Å². The van der Waals surface area contributed by atoms with Gasteiger partial charge < -0.3 is 14.8 Å². The number of likely N-dealkylation sites (N-methyl/N-ethyl adjacent to an activating group) is 1. The summed E-state index contributed by atoms with van der Waals surface area (Å²) in [4.78, 5) is 14.5. The molecule has 1 spiro atoms. The summed E-state index contributed by atoms with van der Waals surface area (Å²) >= 11 is 0. The number of piperidine rings is 1. The van der Waals surface area contributed by atoms with Crippen LogP contribution in [0.15, 0.2) is 24.3 Å². The van der Waals surface area contributed by atoms with E-state index in [1.165, 1.54) is 0 Å². The van der Waals surface area contributed by atoms with Crippen LogP contribution in [-0.4, -0.2) is 50.8 Å². The van der Waals surface area contributed by atoms with E-state index in [2.05, 4.69) is 23.3 Å². The zero-order valence-corrected chi connectivity index (χ0v) is 14.0. The van der Waals surface area contributed by atoms with E-state index in [4.69, 9.17) is 9.47 Å². The molecule has 5 heteroatoms. The SMILES string of the molecule is COc1ccccc1CN(C)CC1CC2(CCNCC2)C(=O)O1. The van der Waals surface area contributed by atoms with Crippen molar-refractivity contribution in [2.75, 3.05) is 33.8 Å². The standard InChI is InChI=1S/C18H26N2O3/c1-20(12-14-5-3-4-6-16(14)22-2)13-15-11-18(17(21)23-15)7-9-19-10-8-18/h3-6,15,19H,7-13H2,1-2H3. The number of hydrogen-bond donors (Lipinski definition) is 1. The van der Waals surface area contributed by atoms with Gasteiger partial charge >= 0.3 is 5.97 Å². The second-order valence-electron chi connectivity index (χ2n) is 6.77. The van der Waals surface area contributed by atoms with Crippen molar-refractivity contribution in [1.82, 2.24) is 10.2 Å². The number of carbonyl (C=O) groups is 1. The van der Waals surface area contributed by atoms with Crippen molar-refractivity contribution in [1.29, 1.82) is 0 Å². The number of cyclic esters (lactones) is 1. The normalized spacial score (nSPS) is 23.3. The van der Waals surface area contributed by atoms with Crippen LogP contribution < -0.4 is 10.1 Å². The van der Waals surface area contributed by atoms with Gasteiger partial charge in [0.25, 0.3) is 0 Å². The quantitative estimate of drug-likeness (QED) is 0.839. The van der Waals surface area contributed by atoms with Crippen LogP contribution in [0.25, 0.3) is 0 Å².